The van der Waals surface area contributed by atoms with Gasteiger partial charge in [-0.1, -0.05) is 6.07 Å². The number of nitrogens with zero attached hydrogens (tertiary/aromatic N) is 1. The number of rotatable bonds is 5. The number of nitro groups is 1. The van der Waals surface area contributed by atoms with Crippen LogP contribution in [0.3, 0.4) is 0 Å². The van der Waals surface area contributed by atoms with Crippen molar-refractivity contribution in [3.8, 4) is 5.75 Å². The van der Waals surface area contributed by atoms with Gasteiger partial charge in [-0.3, -0.25) is 10.1 Å². The summed E-state index contributed by atoms with van der Waals surface area (Å²) in [5.74, 6) is 1.59. The highest BCUT2D eigenvalue weighted by Gasteiger charge is 2.05. The summed E-state index contributed by atoms with van der Waals surface area (Å²) < 4.78 is 6.10. The smallest absolute Gasteiger partial charge is 0.269 e. The predicted octanol–water partition coefficient (Wildman–Crippen LogP) is 4.66. The van der Waals surface area contributed by atoms with Crippen LogP contribution in [-0.4, -0.2) is 12.0 Å². The molecule has 0 bridgehead atoms. The quantitative estimate of drug-likeness (QED) is 0.445. The predicted molar refractivity (Wildman–Crippen MR) is 83.4 cm³/mol. The highest BCUT2D eigenvalue weighted by atomic mass is 79.9. The van der Waals surface area contributed by atoms with E-state index in [9.17, 15) is 10.1 Å². The van der Waals surface area contributed by atoms with E-state index in [-0.39, 0.29) is 5.69 Å². The molecule has 0 saturated carbocycles. The number of thioether (sulfide) groups is 1. The lowest BCUT2D eigenvalue weighted by Gasteiger charge is -2.06. The van der Waals surface area contributed by atoms with E-state index in [0.717, 1.165) is 26.4 Å². The van der Waals surface area contributed by atoms with E-state index in [2.05, 4.69) is 15.9 Å². The van der Waals surface area contributed by atoms with Crippen LogP contribution in [0.1, 0.15) is 5.56 Å². The summed E-state index contributed by atoms with van der Waals surface area (Å²) in [6, 6.07) is 12.5. The van der Waals surface area contributed by atoms with Gasteiger partial charge in [0.15, 0.2) is 0 Å². The van der Waals surface area contributed by atoms with E-state index in [0.29, 0.717) is 0 Å². The summed E-state index contributed by atoms with van der Waals surface area (Å²) >= 11 is 5.08. The Morgan fingerprint density at radius 1 is 1.25 bits per heavy atom. The largest absolute Gasteiger partial charge is 0.496 e. The van der Waals surface area contributed by atoms with E-state index in [1.54, 1.807) is 31.0 Å². The van der Waals surface area contributed by atoms with Crippen LogP contribution in [0.4, 0.5) is 5.69 Å². The van der Waals surface area contributed by atoms with E-state index >= 15 is 0 Å². The monoisotopic (exact) mass is 353 g/mol. The number of methoxy groups -OCH3 is 1. The maximum atomic E-state index is 10.6. The number of non-ortho nitro benzene ring substituents is 1. The van der Waals surface area contributed by atoms with Gasteiger partial charge in [-0.25, -0.2) is 0 Å². The minimum atomic E-state index is -0.394. The Balaban J connectivity index is 2.01. The van der Waals surface area contributed by atoms with Gasteiger partial charge in [-0.05, 0) is 45.8 Å². The Labute approximate surface area is 129 Å². The molecule has 6 heteroatoms. The number of benzene rings is 2. The van der Waals surface area contributed by atoms with Crippen LogP contribution in [0.25, 0.3) is 0 Å². The first-order valence-electron chi connectivity index (χ1n) is 5.80. The SMILES string of the molecule is COc1ccc(CSc2ccc([N+](=O)[O-])cc2)cc1Br. The molecular weight excluding hydrogens is 342 g/mol. The van der Waals surface area contributed by atoms with Gasteiger partial charge in [0.1, 0.15) is 5.75 Å². The van der Waals surface area contributed by atoms with Gasteiger partial charge in [-0.15, -0.1) is 11.8 Å². The molecule has 0 aliphatic rings. The summed E-state index contributed by atoms with van der Waals surface area (Å²) in [4.78, 5) is 11.2. The molecule has 0 spiro atoms. The third kappa shape index (κ3) is 3.74. The van der Waals surface area contributed by atoms with Crippen LogP contribution in [0.15, 0.2) is 51.8 Å². The Bertz CT molecular complexity index is 616. The molecule has 20 heavy (non-hydrogen) atoms. The van der Waals surface area contributed by atoms with E-state index in [1.165, 1.54) is 12.1 Å². The summed E-state index contributed by atoms with van der Waals surface area (Å²) in [5, 5.41) is 10.6. The molecule has 2 rings (SSSR count). The molecule has 0 N–H and O–H groups in total. The standard InChI is InChI=1S/C14H12BrNO3S/c1-19-14-7-2-10(8-13(14)15)9-20-12-5-3-11(4-6-12)16(17)18/h2-8H,9H2,1H3. The van der Waals surface area contributed by atoms with Crippen molar-refractivity contribution >= 4 is 33.4 Å². The average molecular weight is 354 g/mol. The molecule has 0 saturated heterocycles. The Kier molecular flexibility index (Phi) is 5.03. The first-order chi connectivity index (χ1) is 9.60. The molecule has 0 radical (unpaired) electrons. The van der Waals surface area contributed by atoms with Crippen molar-refractivity contribution in [2.75, 3.05) is 7.11 Å². The third-order valence-corrected chi connectivity index (χ3v) is 4.37. The molecule has 0 amide bonds. The second-order valence-electron chi connectivity index (χ2n) is 4.01. The van der Waals surface area contributed by atoms with Crippen molar-refractivity contribution in [1.82, 2.24) is 0 Å². The van der Waals surface area contributed by atoms with Crippen molar-refractivity contribution in [3.63, 3.8) is 0 Å². The second-order valence-corrected chi connectivity index (χ2v) is 5.91. The van der Waals surface area contributed by atoms with Gasteiger partial charge in [0, 0.05) is 22.8 Å². The van der Waals surface area contributed by atoms with E-state index in [4.69, 9.17) is 4.74 Å². The number of ether oxygens (including phenoxy) is 1. The minimum absolute atomic E-state index is 0.113. The van der Waals surface area contributed by atoms with Crippen LogP contribution >= 0.6 is 27.7 Å². The lowest BCUT2D eigenvalue weighted by atomic mass is 10.2. The molecular formula is C14H12BrNO3S. The first-order valence-corrected chi connectivity index (χ1v) is 7.57. The van der Waals surface area contributed by atoms with Gasteiger partial charge < -0.3 is 4.74 Å². The summed E-state index contributed by atoms with van der Waals surface area (Å²) in [6.45, 7) is 0. The molecule has 0 unspecified atom stereocenters. The Hall–Kier alpha value is -1.53. The molecule has 104 valence electrons. The van der Waals surface area contributed by atoms with Crippen molar-refractivity contribution < 1.29 is 9.66 Å². The molecule has 0 aliphatic carbocycles. The molecule has 0 atom stereocenters. The van der Waals surface area contributed by atoms with Crippen molar-refractivity contribution in [3.05, 3.63) is 62.6 Å². The number of hydrogen-bond donors (Lipinski definition) is 0. The zero-order chi connectivity index (χ0) is 14.5. The van der Waals surface area contributed by atoms with Crippen LogP contribution in [-0.2, 0) is 5.75 Å². The van der Waals surface area contributed by atoms with Gasteiger partial charge in [-0.2, -0.15) is 0 Å². The number of hydrogen-bond acceptors (Lipinski definition) is 4. The molecule has 0 aliphatic heterocycles. The van der Waals surface area contributed by atoms with Crippen molar-refractivity contribution in [2.24, 2.45) is 0 Å². The highest BCUT2D eigenvalue weighted by molar-refractivity contribution is 9.10. The van der Waals surface area contributed by atoms with E-state index in [1.807, 2.05) is 18.2 Å². The first kappa shape index (κ1) is 14.9. The molecule has 2 aromatic carbocycles. The fourth-order valence-corrected chi connectivity index (χ4v) is 3.06. The lowest BCUT2D eigenvalue weighted by Crippen LogP contribution is -1.88. The number of halogens is 1. The van der Waals surface area contributed by atoms with Gasteiger partial charge in [0.25, 0.3) is 5.69 Å². The minimum Gasteiger partial charge on any atom is -0.496 e. The molecule has 0 heterocycles. The third-order valence-electron chi connectivity index (χ3n) is 2.67. The number of nitro benzene ring substituents is 1. The summed E-state index contributed by atoms with van der Waals surface area (Å²) in [7, 11) is 1.63. The topological polar surface area (TPSA) is 52.4 Å². The lowest BCUT2D eigenvalue weighted by molar-refractivity contribution is -0.384. The zero-order valence-electron chi connectivity index (χ0n) is 10.7. The molecule has 2 aromatic rings. The normalized spacial score (nSPS) is 10.3. The summed E-state index contributed by atoms with van der Waals surface area (Å²) in [5.41, 5.74) is 1.27. The maximum absolute atomic E-state index is 10.6. The maximum Gasteiger partial charge on any atom is 0.269 e. The van der Waals surface area contributed by atoms with Gasteiger partial charge >= 0.3 is 0 Å². The molecule has 4 nitrogen and oxygen atoms in total. The molecule has 0 aromatic heterocycles. The zero-order valence-corrected chi connectivity index (χ0v) is 13.1. The van der Waals surface area contributed by atoms with Crippen LogP contribution in [0.5, 0.6) is 5.75 Å². The van der Waals surface area contributed by atoms with Crippen LogP contribution in [0.2, 0.25) is 0 Å². The Morgan fingerprint density at radius 3 is 2.50 bits per heavy atom. The average Bonchev–Trinajstić information content (AvgIpc) is 2.45. The Morgan fingerprint density at radius 2 is 1.95 bits per heavy atom. The van der Waals surface area contributed by atoms with Crippen LogP contribution < -0.4 is 4.74 Å². The molecule has 0 fully saturated rings. The van der Waals surface area contributed by atoms with Crippen LogP contribution in [0, 0.1) is 10.1 Å². The van der Waals surface area contributed by atoms with Gasteiger partial charge in [0.05, 0.1) is 16.5 Å². The van der Waals surface area contributed by atoms with Crippen molar-refractivity contribution in [1.29, 1.82) is 0 Å². The fourth-order valence-electron chi connectivity index (χ4n) is 1.63. The van der Waals surface area contributed by atoms with Gasteiger partial charge in [0.2, 0.25) is 0 Å². The fraction of sp³-hybridized carbons (Fsp3) is 0.143. The van der Waals surface area contributed by atoms with E-state index < -0.39 is 4.92 Å². The second kappa shape index (κ2) is 6.76. The summed E-state index contributed by atoms with van der Waals surface area (Å²) in [6.07, 6.45) is 0. The highest BCUT2D eigenvalue weighted by Crippen LogP contribution is 2.29. The van der Waals surface area contributed by atoms with Crippen molar-refractivity contribution in [2.45, 2.75) is 10.6 Å².